The molecule has 0 aliphatic carbocycles. The molecule has 3 nitrogen and oxygen atoms in total. The van der Waals surface area contributed by atoms with E-state index in [1.807, 2.05) is 0 Å². The Morgan fingerprint density at radius 3 is 3.00 bits per heavy atom. The fourth-order valence-electron chi connectivity index (χ4n) is 0.839. The molecule has 2 N–H and O–H groups in total. The van der Waals surface area contributed by atoms with Crippen LogP contribution in [0.3, 0.4) is 0 Å². The van der Waals surface area contributed by atoms with Crippen LogP contribution in [0.15, 0.2) is 12.4 Å². The van der Waals surface area contributed by atoms with Gasteiger partial charge in [-0.1, -0.05) is 11.3 Å². The molecule has 0 aliphatic heterocycles. The van der Waals surface area contributed by atoms with Crippen LogP contribution >= 0.6 is 11.3 Å². The summed E-state index contributed by atoms with van der Waals surface area (Å²) >= 11 is 1.23. The van der Waals surface area contributed by atoms with Crippen LogP contribution in [-0.4, -0.2) is 9.97 Å². The Labute approximate surface area is 65.7 Å². The summed E-state index contributed by atoms with van der Waals surface area (Å²) < 4.78 is 13.5. The first-order chi connectivity index (χ1) is 5.27. The van der Waals surface area contributed by atoms with Crippen LogP contribution in [-0.2, 0) is 0 Å². The fourth-order valence-corrected chi connectivity index (χ4v) is 1.55. The molecule has 0 aliphatic rings. The molecule has 0 unspecified atom stereocenters. The summed E-state index contributed by atoms with van der Waals surface area (Å²) in [5, 5.41) is 0.368. The van der Waals surface area contributed by atoms with Crippen molar-refractivity contribution in [1.29, 1.82) is 0 Å². The van der Waals surface area contributed by atoms with Crippen molar-refractivity contribution in [1.82, 2.24) is 9.97 Å². The highest BCUT2D eigenvalue weighted by molar-refractivity contribution is 7.22. The van der Waals surface area contributed by atoms with Crippen LogP contribution in [0.5, 0.6) is 0 Å². The highest BCUT2D eigenvalue weighted by atomic mass is 32.1. The van der Waals surface area contributed by atoms with Gasteiger partial charge in [-0.25, -0.2) is 9.37 Å². The van der Waals surface area contributed by atoms with E-state index in [0.29, 0.717) is 15.3 Å². The van der Waals surface area contributed by atoms with Gasteiger partial charge < -0.3 is 5.73 Å². The predicted molar refractivity (Wildman–Crippen MR) is 41.8 cm³/mol. The number of fused-ring (bicyclic) bond motifs is 1. The molecular weight excluding hydrogens is 165 g/mol. The number of rotatable bonds is 0. The quantitative estimate of drug-likeness (QED) is 0.648. The lowest BCUT2D eigenvalue weighted by Crippen LogP contribution is -1.82. The molecule has 5 heteroatoms. The number of anilines is 1. The maximum absolute atomic E-state index is 12.8. The third kappa shape index (κ3) is 0.932. The molecule has 0 aromatic carbocycles. The van der Waals surface area contributed by atoms with Gasteiger partial charge in [0.05, 0.1) is 10.9 Å². The predicted octanol–water partition coefficient (Wildman–Crippen LogP) is 1.41. The molecule has 0 spiro atoms. The SMILES string of the molecule is Nc1nc2c(F)cncc2s1. The minimum atomic E-state index is -0.421. The first-order valence-corrected chi connectivity index (χ1v) is 3.74. The van der Waals surface area contributed by atoms with Gasteiger partial charge in [0, 0.05) is 6.20 Å². The van der Waals surface area contributed by atoms with Crippen molar-refractivity contribution < 1.29 is 4.39 Å². The molecule has 56 valence electrons. The number of aromatic nitrogens is 2. The molecule has 11 heavy (non-hydrogen) atoms. The molecule has 2 rings (SSSR count). The number of nitrogens with zero attached hydrogens (tertiary/aromatic N) is 2. The van der Waals surface area contributed by atoms with Crippen LogP contribution in [0.4, 0.5) is 9.52 Å². The van der Waals surface area contributed by atoms with Gasteiger partial charge in [-0.15, -0.1) is 0 Å². The van der Waals surface area contributed by atoms with Gasteiger partial charge >= 0.3 is 0 Å². The maximum Gasteiger partial charge on any atom is 0.181 e. The normalized spacial score (nSPS) is 10.6. The minimum absolute atomic E-state index is 0.308. The molecule has 0 fully saturated rings. The zero-order valence-electron chi connectivity index (χ0n) is 5.41. The third-order valence-corrected chi connectivity index (χ3v) is 2.09. The van der Waals surface area contributed by atoms with E-state index in [1.165, 1.54) is 11.3 Å². The van der Waals surface area contributed by atoms with Gasteiger partial charge in [0.2, 0.25) is 0 Å². The second-order valence-corrected chi connectivity index (χ2v) is 3.08. The topological polar surface area (TPSA) is 51.8 Å². The zero-order valence-corrected chi connectivity index (χ0v) is 6.23. The first kappa shape index (κ1) is 6.48. The van der Waals surface area contributed by atoms with Crippen LogP contribution in [0.2, 0.25) is 0 Å². The van der Waals surface area contributed by atoms with Crippen molar-refractivity contribution in [3.05, 3.63) is 18.2 Å². The van der Waals surface area contributed by atoms with Crippen molar-refractivity contribution in [2.24, 2.45) is 0 Å². The molecule has 0 radical (unpaired) electrons. The summed E-state index contributed by atoms with van der Waals surface area (Å²) in [6, 6.07) is 0. The fraction of sp³-hybridized carbons (Fsp3) is 0. The van der Waals surface area contributed by atoms with Gasteiger partial charge in [0.25, 0.3) is 0 Å². The summed E-state index contributed by atoms with van der Waals surface area (Å²) in [6.45, 7) is 0. The standard InChI is InChI=1S/C6H4FN3S/c7-3-1-9-2-4-5(3)10-6(8)11-4/h1-2H,(H2,8,10). The number of halogens is 1. The van der Waals surface area contributed by atoms with Crippen LogP contribution in [0, 0.1) is 5.82 Å². The summed E-state index contributed by atoms with van der Waals surface area (Å²) in [5.74, 6) is -0.421. The third-order valence-electron chi connectivity index (χ3n) is 1.28. The average molecular weight is 169 g/mol. The Morgan fingerprint density at radius 1 is 1.45 bits per heavy atom. The van der Waals surface area contributed by atoms with Crippen molar-refractivity contribution in [3.8, 4) is 0 Å². The maximum atomic E-state index is 12.8. The smallest absolute Gasteiger partial charge is 0.181 e. The highest BCUT2D eigenvalue weighted by Crippen LogP contribution is 2.23. The van der Waals surface area contributed by atoms with Crippen molar-refractivity contribution in [2.75, 3.05) is 5.73 Å². The summed E-state index contributed by atoms with van der Waals surface area (Å²) in [4.78, 5) is 7.46. The van der Waals surface area contributed by atoms with E-state index in [-0.39, 0.29) is 0 Å². The molecule has 0 bridgehead atoms. The molecule has 0 saturated carbocycles. The van der Waals surface area contributed by atoms with Gasteiger partial charge in [-0.05, 0) is 0 Å². The largest absolute Gasteiger partial charge is 0.375 e. The number of hydrogen-bond acceptors (Lipinski definition) is 4. The number of nitrogens with two attached hydrogens (primary N) is 1. The van der Waals surface area contributed by atoms with E-state index < -0.39 is 5.82 Å². The molecule has 2 heterocycles. The average Bonchev–Trinajstić information content (AvgIpc) is 2.31. The van der Waals surface area contributed by atoms with E-state index in [2.05, 4.69) is 9.97 Å². The monoisotopic (exact) mass is 169 g/mol. The number of hydrogen-bond donors (Lipinski definition) is 1. The Bertz CT molecular complexity index is 398. The van der Waals surface area contributed by atoms with E-state index in [1.54, 1.807) is 6.20 Å². The summed E-state index contributed by atoms with van der Waals surface area (Å²) in [7, 11) is 0. The Hall–Kier alpha value is -1.23. The summed E-state index contributed by atoms with van der Waals surface area (Å²) in [5.41, 5.74) is 5.68. The second kappa shape index (κ2) is 2.13. The van der Waals surface area contributed by atoms with Gasteiger partial charge in [-0.3, -0.25) is 4.98 Å². The first-order valence-electron chi connectivity index (χ1n) is 2.93. The molecule has 2 aromatic rings. The van der Waals surface area contributed by atoms with Gasteiger partial charge in [-0.2, -0.15) is 0 Å². The number of nitrogen functional groups attached to an aromatic ring is 1. The molecule has 0 atom stereocenters. The zero-order chi connectivity index (χ0) is 7.84. The minimum Gasteiger partial charge on any atom is -0.375 e. The Morgan fingerprint density at radius 2 is 2.27 bits per heavy atom. The van der Waals surface area contributed by atoms with Gasteiger partial charge in [0.1, 0.15) is 5.52 Å². The van der Waals surface area contributed by atoms with E-state index >= 15 is 0 Å². The Kier molecular flexibility index (Phi) is 1.25. The molecule has 0 saturated heterocycles. The Balaban J connectivity index is 2.90. The molecule has 0 amide bonds. The lowest BCUT2D eigenvalue weighted by Gasteiger charge is -1.85. The van der Waals surface area contributed by atoms with Crippen molar-refractivity contribution in [2.45, 2.75) is 0 Å². The number of thiazole rings is 1. The van der Waals surface area contributed by atoms with E-state index in [4.69, 9.17) is 5.73 Å². The molecular formula is C6H4FN3S. The van der Waals surface area contributed by atoms with Crippen LogP contribution in [0.1, 0.15) is 0 Å². The highest BCUT2D eigenvalue weighted by Gasteiger charge is 2.04. The second-order valence-electron chi connectivity index (χ2n) is 2.02. The lowest BCUT2D eigenvalue weighted by molar-refractivity contribution is 0.631. The van der Waals surface area contributed by atoms with Gasteiger partial charge in [0.15, 0.2) is 10.9 Å². The van der Waals surface area contributed by atoms with Crippen LogP contribution < -0.4 is 5.73 Å². The lowest BCUT2D eigenvalue weighted by atomic mass is 10.4. The van der Waals surface area contributed by atoms with E-state index in [0.717, 1.165) is 6.20 Å². The number of pyridine rings is 1. The van der Waals surface area contributed by atoms with Crippen molar-refractivity contribution >= 4 is 26.7 Å². The van der Waals surface area contributed by atoms with Crippen LogP contribution in [0.25, 0.3) is 10.2 Å². The van der Waals surface area contributed by atoms with Crippen molar-refractivity contribution in [3.63, 3.8) is 0 Å². The van der Waals surface area contributed by atoms with E-state index in [9.17, 15) is 4.39 Å². The summed E-state index contributed by atoms with van der Waals surface area (Å²) in [6.07, 6.45) is 2.67. The molecule has 2 aromatic heterocycles.